The highest BCUT2D eigenvalue weighted by atomic mass is 16.6. The van der Waals surface area contributed by atoms with Gasteiger partial charge in [-0.1, -0.05) is 53.2 Å². The monoisotopic (exact) mass is 444 g/mol. The molecule has 0 fully saturated rings. The summed E-state index contributed by atoms with van der Waals surface area (Å²) in [7, 11) is 0. The number of nitrogens with one attached hydrogen (secondary N) is 1. The normalized spacial score (nSPS) is 14.0. The van der Waals surface area contributed by atoms with Gasteiger partial charge in [0, 0.05) is 6.54 Å². The number of oxime groups is 1. The third kappa shape index (κ3) is 6.67. The molecule has 170 valence electrons. The summed E-state index contributed by atoms with van der Waals surface area (Å²) in [6.07, 6.45) is 2.87. The topological polar surface area (TPSA) is 69.2 Å². The molecule has 0 unspecified atom stereocenters. The Morgan fingerprint density at radius 2 is 1.88 bits per heavy atom. The largest absolute Gasteiger partial charge is 0.484 e. The number of hydrogen-bond donors (Lipinski definition) is 1. The maximum Gasteiger partial charge on any atom is 0.258 e. The number of carbonyl (C=O) groups is 1. The minimum Gasteiger partial charge on any atom is -0.484 e. The maximum atomic E-state index is 12.0. The molecule has 0 aliphatic carbocycles. The molecule has 1 N–H and O–H groups in total. The van der Waals surface area contributed by atoms with Crippen molar-refractivity contribution >= 4 is 22.4 Å². The van der Waals surface area contributed by atoms with Crippen LogP contribution in [0.5, 0.6) is 5.75 Å². The second-order valence-corrected chi connectivity index (χ2v) is 7.91. The van der Waals surface area contributed by atoms with Crippen molar-refractivity contribution in [3.05, 3.63) is 89.5 Å². The summed E-state index contributed by atoms with van der Waals surface area (Å²) in [5, 5.41) is 9.51. The lowest BCUT2D eigenvalue weighted by Gasteiger charge is -2.14. The van der Waals surface area contributed by atoms with Crippen LogP contribution in [0.4, 0.5) is 0 Å². The highest BCUT2D eigenvalue weighted by molar-refractivity contribution is 5.98. The van der Waals surface area contributed by atoms with Crippen LogP contribution >= 0.6 is 0 Å². The molecule has 0 radical (unpaired) electrons. The van der Waals surface area contributed by atoms with Crippen LogP contribution < -0.4 is 10.1 Å². The Balaban J connectivity index is 1.23. The molecule has 0 spiro atoms. The highest BCUT2D eigenvalue weighted by Crippen LogP contribution is 2.17. The van der Waals surface area contributed by atoms with Gasteiger partial charge in [0.25, 0.3) is 5.91 Å². The number of fused-ring (bicyclic) bond motifs is 1. The van der Waals surface area contributed by atoms with Crippen LogP contribution in [0.25, 0.3) is 10.8 Å². The van der Waals surface area contributed by atoms with E-state index in [1.165, 1.54) is 16.3 Å². The van der Waals surface area contributed by atoms with Gasteiger partial charge in [-0.3, -0.25) is 4.79 Å². The Kier molecular flexibility index (Phi) is 7.72. The van der Waals surface area contributed by atoms with E-state index < -0.39 is 0 Å². The lowest BCUT2D eigenvalue weighted by molar-refractivity contribution is -0.122. The van der Waals surface area contributed by atoms with Gasteiger partial charge >= 0.3 is 0 Å². The average molecular weight is 445 g/mol. The van der Waals surface area contributed by atoms with E-state index in [0.29, 0.717) is 32.1 Å². The van der Waals surface area contributed by atoms with Gasteiger partial charge in [0.1, 0.15) is 12.4 Å². The summed E-state index contributed by atoms with van der Waals surface area (Å²) >= 11 is 0. The lowest BCUT2D eigenvalue weighted by atomic mass is 10.1. The molecule has 0 saturated carbocycles. The van der Waals surface area contributed by atoms with Gasteiger partial charge in [-0.15, -0.1) is 0 Å². The third-order valence-electron chi connectivity index (χ3n) is 5.46. The first-order chi connectivity index (χ1) is 16.2. The van der Waals surface area contributed by atoms with Gasteiger partial charge < -0.3 is 19.6 Å². The molecule has 3 aromatic rings. The summed E-state index contributed by atoms with van der Waals surface area (Å²) in [6.45, 7) is 4.15. The molecule has 3 aromatic carbocycles. The minimum absolute atomic E-state index is 0.0228. The first-order valence-electron chi connectivity index (χ1n) is 11.1. The summed E-state index contributed by atoms with van der Waals surface area (Å²) in [5.74, 6) is 0.482. The molecule has 33 heavy (non-hydrogen) atoms. The zero-order valence-corrected chi connectivity index (χ0v) is 18.8. The van der Waals surface area contributed by atoms with Crippen molar-refractivity contribution in [1.29, 1.82) is 0 Å². The predicted molar refractivity (Wildman–Crippen MR) is 129 cm³/mol. The molecular formula is C27H28N2O4. The molecule has 1 aliphatic rings. The molecule has 4 rings (SSSR count). The summed E-state index contributed by atoms with van der Waals surface area (Å²) in [6, 6.07) is 21.9. The van der Waals surface area contributed by atoms with Crippen LogP contribution in [0.3, 0.4) is 0 Å². The Labute approximate surface area is 193 Å². The van der Waals surface area contributed by atoms with Crippen LogP contribution in [0.1, 0.15) is 24.5 Å². The average Bonchev–Trinajstić information content (AvgIpc) is 2.87. The molecular weight excluding hydrogens is 416 g/mol. The quantitative estimate of drug-likeness (QED) is 0.297. The zero-order chi connectivity index (χ0) is 22.9. The molecule has 6 nitrogen and oxygen atoms in total. The van der Waals surface area contributed by atoms with Gasteiger partial charge in [0.15, 0.2) is 6.61 Å². The van der Waals surface area contributed by atoms with E-state index in [-0.39, 0.29) is 12.5 Å². The second-order valence-electron chi connectivity index (χ2n) is 7.91. The zero-order valence-electron chi connectivity index (χ0n) is 18.8. The predicted octanol–water partition coefficient (Wildman–Crippen LogP) is 4.62. The fraction of sp³-hybridized carbons (Fsp3) is 0.259. The number of ether oxygens (including phenoxy) is 2. The standard InChI is InChI=1S/C27H28N2O4/c1-20(29-33-18-22-6-7-24-4-2-3-5-25(24)16-22)23-8-10-26(11-9-23)32-19-27(30)28-17-21-12-14-31-15-13-21/h2-12,16H,13-15,17-19H2,1H3,(H,28,30)/b29-20-. The van der Waals surface area contributed by atoms with Crippen molar-refractivity contribution < 1.29 is 19.1 Å². The van der Waals surface area contributed by atoms with Crippen LogP contribution in [0.15, 0.2) is 83.5 Å². The summed E-state index contributed by atoms with van der Waals surface area (Å²) in [5.41, 5.74) is 3.96. The number of rotatable bonds is 9. The Morgan fingerprint density at radius 1 is 1.06 bits per heavy atom. The van der Waals surface area contributed by atoms with Crippen molar-refractivity contribution in [2.24, 2.45) is 5.16 Å². The van der Waals surface area contributed by atoms with Crippen LogP contribution in [0.2, 0.25) is 0 Å². The molecule has 6 heteroatoms. The van der Waals surface area contributed by atoms with Crippen molar-refractivity contribution in [1.82, 2.24) is 5.32 Å². The van der Waals surface area contributed by atoms with Crippen molar-refractivity contribution in [2.45, 2.75) is 20.0 Å². The number of amides is 1. The summed E-state index contributed by atoms with van der Waals surface area (Å²) in [4.78, 5) is 17.6. The molecule has 1 heterocycles. The van der Waals surface area contributed by atoms with E-state index in [0.717, 1.165) is 23.3 Å². The summed E-state index contributed by atoms with van der Waals surface area (Å²) < 4.78 is 10.9. The SMILES string of the molecule is C/C(=N/OCc1ccc2ccccc2c1)c1ccc(OCC(=O)NCC2=CCOCC2)cc1. The minimum atomic E-state index is -0.147. The van der Waals surface area contributed by atoms with E-state index in [4.69, 9.17) is 14.3 Å². The fourth-order valence-corrected chi connectivity index (χ4v) is 3.52. The van der Waals surface area contributed by atoms with Crippen molar-refractivity contribution in [3.63, 3.8) is 0 Å². The molecule has 0 bridgehead atoms. The fourth-order valence-electron chi connectivity index (χ4n) is 3.52. The molecule has 1 aliphatic heterocycles. The van der Waals surface area contributed by atoms with Crippen LogP contribution in [0, 0.1) is 0 Å². The number of hydrogen-bond acceptors (Lipinski definition) is 5. The van der Waals surface area contributed by atoms with Crippen LogP contribution in [-0.2, 0) is 21.0 Å². The van der Waals surface area contributed by atoms with Crippen LogP contribution in [-0.4, -0.2) is 38.0 Å². The Hall–Kier alpha value is -3.64. The molecule has 0 saturated heterocycles. The first kappa shape index (κ1) is 22.6. The molecule has 0 aromatic heterocycles. The van der Waals surface area contributed by atoms with E-state index in [2.05, 4.69) is 40.8 Å². The van der Waals surface area contributed by atoms with Crippen molar-refractivity contribution in [2.75, 3.05) is 26.4 Å². The van der Waals surface area contributed by atoms with E-state index in [1.807, 2.05) is 49.4 Å². The Bertz CT molecular complexity index is 1150. The smallest absolute Gasteiger partial charge is 0.258 e. The second kappa shape index (κ2) is 11.3. The highest BCUT2D eigenvalue weighted by Gasteiger charge is 2.07. The third-order valence-corrected chi connectivity index (χ3v) is 5.46. The van der Waals surface area contributed by atoms with Gasteiger partial charge in [0.2, 0.25) is 0 Å². The van der Waals surface area contributed by atoms with E-state index in [9.17, 15) is 4.79 Å². The van der Waals surface area contributed by atoms with Gasteiger partial charge in [-0.25, -0.2) is 0 Å². The van der Waals surface area contributed by atoms with Gasteiger partial charge in [-0.05, 0) is 65.6 Å². The van der Waals surface area contributed by atoms with E-state index >= 15 is 0 Å². The Morgan fingerprint density at radius 3 is 2.67 bits per heavy atom. The number of nitrogens with zero attached hydrogens (tertiary/aromatic N) is 1. The molecule has 1 amide bonds. The van der Waals surface area contributed by atoms with E-state index in [1.54, 1.807) is 0 Å². The number of benzene rings is 3. The van der Waals surface area contributed by atoms with Gasteiger partial charge in [-0.2, -0.15) is 0 Å². The maximum absolute atomic E-state index is 12.0. The molecule has 0 atom stereocenters. The lowest BCUT2D eigenvalue weighted by Crippen LogP contribution is -2.31. The first-order valence-corrected chi connectivity index (χ1v) is 11.1. The van der Waals surface area contributed by atoms with Gasteiger partial charge in [0.05, 0.1) is 18.9 Å². The van der Waals surface area contributed by atoms with Crippen molar-refractivity contribution in [3.8, 4) is 5.75 Å². The number of carbonyl (C=O) groups excluding carboxylic acids is 1.